The van der Waals surface area contributed by atoms with Gasteiger partial charge in [-0.25, -0.2) is 4.98 Å². The highest BCUT2D eigenvalue weighted by Gasteiger charge is 2.31. The van der Waals surface area contributed by atoms with E-state index in [1.165, 1.54) is 11.8 Å². The minimum Gasteiger partial charge on any atom is -0.309 e. The number of H-pyrrole nitrogens is 1. The maximum absolute atomic E-state index is 13.0. The second kappa shape index (κ2) is 8.09. The first-order valence-electron chi connectivity index (χ1n) is 10.1. The van der Waals surface area contributed by atoms with E-state index in [2.05, 4.69) is 24.7 Å². The Morgan fingerprint density at radius 3 is 2.59 bits per heavy atom. The molecule has 6 nitrogen and oxygen atoms in total. The molecule has 0 radical (unpaired) electrons. The van der Waals surface area contributed by atoms with Gasteiger partial charge in [0.25, 0.3) is 5.56 Å². The summed E-state index contributed by atoms with van der Waals surface area (Å²) in [6.45, 7) is 0.624. The number of alkyl halides is 3. The predicted molar refractivity (Wildman–Crippen MR) is 114 cm³/mol. The van der Waals surface area contributed by atoms with Crippen molar-refractivity contribution in [3.05, 3.63) is 81.7 Å². The fourth-order valence-corrected chi connectivity index (χ4v) is 4.35. The molecule has 2 heterocycles. The monoisotopic (exact) mass is 457 g/mol. The molecule has 1 saturated carbocycles. The Labute approximate surface area is 184 Å². The van der Waals surface area contributed by atoms with Crippen LogP contribution in [0.2, 0.25) is 0 Å². The average Bonchev–Trinajstić information content (AvgIpc) is 3.53. The number of aromatic amines is 1. The first-order chi connectivity index (χ1) is 15.4. The smallest absolute Gasteiger partial charge is 0.309 e. The zero-order valence-electron chi connectivity index (χ0n) is 16.8. The zero-order valence-corrected chi connectivity index (χ0v) is 17.6. The second-order valence-electron chi connectivity index (χ2n) is 7.72. The highest BCUT2D eigenvalue weighted by molar-refractivity contribution is 7.98. The third kappa shape index (κ3) is 4.27. The van der Waals surface area contributed by atoms with Crippen molar-refractivity contribution in [2.24, 2.45) is 0 Å². The summed E-state index contributed by atoms with van der Waals surface area (Å²) in [5, 5.41) is 9.50. The van der Waals surface area contributed by atoms with Gasteiger partial charge in [0.05, 0.1) is 28.8 Å². The van der Waals surface area contributed by atoms with Gasteiger partial charge in [0.2, 0.25) is 0 Å². The van der Waals surface area contributed by atoms with Crippen LogP contribution in [0.4, 0.5) is 13.2 Å². The van der Waals surface area contributed by atoms with E-state index in [4.69, 9.17) is 0 Å². The Hall–Kier alpha value is -3.14. The van der Waals surface area contributed by atoms with Gasteiger partial charge in [-0.3, -0.25) is 4.79 Å². The predicted octanol–water partition coefficient (Wildman–Crippen LogP) is 4.75. The SMILES string of the molecule is O=c1[nH]c(CSc2nnc(C3CC3)n2Cc2ccccc2)nc2cc(C(F)(F)F)ccc12. The van der Waals surface area contributed by atoms with Crippen molar-refractivity contribution in [3.8, 4) is 0 Å². The van der Waals surface area contributed by atoms with E-state index in [9.17, 15) is 18.0 Å². The van der Waals surface area contributed by atoms with Crippen molar-refractivity contribution >= 4 is 22.7 Å². The fraction of sp³-hybridized carbons (Fsp3) is 0.273. The highest BCUT2D eigenvalue weighted by Crippen LogP contribution is 2.40. The van der Waals surface area contributed by atoms with Gasteiger partial charge in [0.1, 0.15) is 11.6 Å². The minimum atomic E-state index is -4.50. The van der Waals surface area contributed by atoms with Crippen molar-refractivity contribution in [3.63, 3.8) is 0 Å². The van der Waals surface area contributed by atoms with Crippen LogP contribution in [-0.2, 0) is 18.5 Å². The first-order valence-corrected chi connectivity index (χ1v) is 11.1. The van der Waals surface area contributed by atoms with Crippen LogP contribution in [0.25, 0.3) is 10.9 Å². The Balaban J connectivity index is 1.42. The van der Waals surface area contributed by atoms with Gasteiger partial charge in [-0.2, -0.15) is 13.2 Å². The number of fused-ring (bicyclic) bond motifs is 1. The van der Waals surface area contributed by atoms with Gasteiger partial charge in [-0.05, 0) is 36.6 Å². The maximum atomic E-state index is 13.0. The van der Waals surface area contributed by atoms with E-state index in [1.54, 1.807) is 0 Å². The molecule has 164 valence electrons. The molecular formula is C22H18F3N5OS. The molecule has 32 heavy (non-hydrogen) atoms. The van der Waals surface area contributed by atoms with Crippen LogP contribution < -0.4 is 5.56 Å². The van der Waals surface area contributed by atoms with Gasteiger partial charge in [0.15, 0.2) is 5.16 Å². The molecule has 4 aromatic rings. The van der Waals surface area contributed by atoms with Crippen LogP contribution in [0.1, 0.15) is 41.5 Å². The van der Waals surface area contributed by atoms with E-state index in [0.717, 1.165) is 42.4 Å². The lowest BCUT2D eigenvalue weighted by atomic mass is 10.1. The molecule has 0 bridgehead atoms. The lowest BCUT2D eigenvalue weighted by Gasteiger charge is -2.10. The number of thioether (sulfide) groups is 1. The van der Waals surface area contributed by atoms with Crippen molar-refractivity contribution in [1.82, 2.24) is 24.7 Å². The minimum absolute atomic E-state index is 0.0172. The highest BCUT2D eigenvalue weighted by atomic mass is 32.2. The molecule has 2 aromatic carbocycles. The van der Waals surface area contributed by atoms with E-state index < -0.39 is 17.3 Å². The quantitative estimate of drug-likeness (QED) is 0.423. The van der Waals surface area contributed by atoms with Crippen molar-refractivity contribution in [1.29, 1.82) is 0 Å². The molecule has 1 aliphatic rings. The number of nitrogens with zero attached hydrogens (tertiary/aromatic N) is 4. The van der Waals surface area contributed by atoms with Crippen LogP contribution in [-0.4, -0.2) is 24.7 Å². The number of hydrogen-bond acceptors (Lipinski definition) is 5. The van der Waals surface area contributed by atoms with Gasteiger partial charge in [-0.15, -0.1) is 10.2 Å². The molecule has 2 aromatic heterocycles. The molecule has 0 aliphatic heterocycles. The third-order valence-electron chi connectivity index (χ3n) is 5.29. The Kier molecular flexibility index (Phi) is 5.24. The van der Waals surface area contributed by atoms with Gasteiger partial charge in [-0.1, -0.05) is 42.1 Å². The molecule has 0 atom stereocenters. The summed E-state index contributed by atoms with van der Waals surface area (Å²) in [6.07, 6.45) is -2.34. The number of hydrogen-bond donors (Lipinski definition) is 1. The van der Waals surface area contributed by atoms with E-state index in [1.807, 2.05) is 30.3 Å². The average molecular weight is 457 g/mol. The first kappa shape index (κ1) is 20.7. The van der Waals surface area contributed by atoms with Gasteiger partial charge < -0.3 is 9.55 Å². The Bertz CT molecular complexity index is 1330. The topological polar surface area (TPSA) is 76.5 Å². The Morgan fingerprint density at radius 1 is 1.09 bits per heavy atom. The van der Waals surface area contributed by atoms with Crippen molar-refractivity contribution in [2.75, 3.05) is 0 Å². The summed E-state index contributed by atoms with van der Waals surface area (Å²) in [4.78, 5) is 19.3. The molecule has 1 N–H and O–H groups in total. The van der Waals surface area contributed by atoms with E-state index >= 15 is 0 Å². The largest absolute Gasteiger partial charge is 0.416 e. The summed E-state index contributed by atoms with van der Waals surface area (Å²) >= 11 is 1.35. The molecule has 0 saturated heterocycles. The number of rotatable bonds is 6. The molecule has 0 amide bonds. The summed E-state index contributed by atoms with van der Waals surface area (Å²) in [7, 11) is 0. The molecule has 10 heteroatoms. The van der Waals surface area contributed by atoms with E-state index in [-0.39, 0.29) is 22.5 Å². The standard InChI is InChI=1S/C22H18F3N5OS/c23-22(24,25)15-8-9-16-17(10-15)26-18(27-20(16)31)12-32-21-29-28-19(14-6-7-14)30(21)11-13-4-2-1-3-5-13/h1-5,8-10,14H,6-7,11-12H2,(H,26,27,31). The van der Waals surface area contributed by atoms with Crippen LogP contribution in [0.3, 0.4) is 0 Å². The van der Waals surface area contributed by atoms with Crippen LogP contribution in [0.5, 0.6) is 0 Å². The fourth-order valence-electron chi connectivity index (χ4n) is 3.53. The number of aromatic nitrogens is 5. The van der Waals surface area contributed by atoms with Crippen LogP contribution in [0.15, 0.2) is 58.5 Å². The van der Waals surface area contributed by atoms with Gasteiger partial charge in [0, 0.05) is 5.92 Å². The van der Waals surface area contributed by atoms with Crippen LogP contribution in [0, 0.1) is 0 Å². The lowest BCUT2D eigenvalue weighted by Crippen LogP contribution is -2.13. The summed E-state index contributed by atoms with van der Waals surface area (Å²) in [6, 6.07) is 12.9. The van der Waals surface area contributed by atoms with Crippen molar-refractivity contribution in [2.45, 2.75) is 42.4 Å². The molecule has 0 spiro atoms. The molecular weight excluding hydrogens is 439 g/mol. The van der Waals surface area contributed by atoms with E-state index in [0.29, 0.717) is 17.6 Å². The number of halogens is 3. The number of nitrogens with one attached hydrogen (secondary N) is 1. The van der Waals surface area contributed by atoms with Crippen molar-refractivity contribution < 1.29 is 13.2 Å². The molecule has 1 aliphatic carbocycles. The summed E-state index contributed by atoms with van der Waals surface area (Å²) < 4.78 is 41.2. The second-order valence-corrected chi connectivity index (χ2v) is 8.66. The maximum Gasteiger partial charge on any atom is 0.416 e. The van der Waals surface area contributed by atoms with Crippen LogP contribution >= 0.6 is 11.8 Å². The third-order valence-corrected chi connectivity index (χ3v) is 6.27. The molecule has 5 rings (SSSR count). The summed E-state index contributed by atoms with van der Waals surface area (Å²) in [5.74, 6) is 1.87. The lowest BCUT2D eigenvalue weighted by molar-refractivity contribution is -0.137. The molecule has 1 fully saturated rings. The molecule has 0 unspecified atom stereocenters. The summed E-state index contributed by atoms with van der Waals surface area (Å²) in [5.41, 5.74) is -0.168. The zero-order chi connectivity index (χ0) is 22.3. The van der Waals surface area contributed by atoms with Gasteiger partial charge >= 0.3 is 6.18 Å². The number of benzene rings is 2. The normalized spacial score (nSPS) is 14.2. The Morgan fingerprint density at radius 2 is 1.88 bits per heavy atom.